The maximum Gasteiger partial charge on any atom is 0.508 e. The first kappa shape index (κ1) is 29.4. The van der Waals surface area contributed by atoms with Crippen LogP contribution in [0.1, 0.15) is 79.1 Å². The second-order valence-electron chi connectivity index (χ2n) is 11.8. The molecule has 0 aromatic heterocycles. The number of ether oxygens (including phenoxy) is 2. The first-order chi connectivity index (χ1) is 17.4. The Labute approximate surface area is 222 Å². The average Bonchev–Trinajstić information content (AvgIpc) is 3.19. The lowest BCUT2D eigenvalue weighted by Crippen LogP contribution is -2.40. The second-order valence-corrected chi connectivity index (χ2v) is 11.8. The van der Waals surface area contributed by atoms with Crippen molar-refractivity contribution in [3.63, 3.8) is 0 Å². The van der Waals surface area contributed by atoms with E-state index in [-0.39, 0.29) is 12.0 Å². The molecule has 0 bridgehead atoms. The number of rotatable bonds is 8. The topological polar surface area (TPSA) is 96.2 Å². The smallest absolute Gasteiger partial charge is 0.434 e. The monoisotopic (exact) mass is 514 g/mol. The van der Waals surface area contributed by atoms with Crippen LogP contribution in [0.2, 0.25) is 0 Å². The quantitative estimate of drug-likeness (QED) is 0.274. The highest BCUT2D eigenvalue weighted by Crippen LogP contribution is 2.59. The number of aliphatic hydroxyl groups is 3. The fourth-order valence-corrected chi connectivity index (χ4v) is 6.37. The minimum atomic E-state index is -1.12. The summed E-state index contributed by atoms with van der Waals surface area (Å²) in [6, 6.07) is 0. The molecule has 0 heterocycles. The molecular formula is C31H46O6. The number of hydrogen-bond acceptors (Lipinski definition) is 6. The molecule has 0 radical (unpaired) electrons. The Bertz CT molecular complexity index is 957. The first-order valence-electron chi connectivity index (χ1n) is 13.7. The lowest BCUT2D eigenvalue weighted by molar-refractivity contribution is -0.0666. The molecule has 3 fully saturated rings. The molecule has 3 rings (SSSR count). The van der Waals surface area contributed by atoms with Gasteiger partial charge in [-0.2, -0.15) is 0 Å². The molecule has 3 aliphatic rings. The van der Waals surface area contributed by atoms with Crippen LogP contribution < -0.4 is 0 Å². The summed E-state index contributed by atoms with van der Waals surface area (Å²) >= 11 is 0. The predicted octanol–water partition coefficient (Wildman–Crippen LogP) is 5.94. The standard InChI is InChI=1S/C31H46O6/c1-7-17-36-29(35)37-30(4,5)28(34)15-10-20(2)25-13-14-26-22(9-8-16-31(25,26)6)11-12-23-18-24(32)19-27(33)21(23)3/h10-12,15,24-28,32-34H,2-3,7-9,13-14,16-19H2,1,4-6H3/b15-10+,22-11+,23-12-/t24-,25-,26+,27+,28-,31-/m1/s1. The molecule has 0 aliphatic heterocycles. The maximum absolute atomic E-state index is 11.9. The summed E-state index contributed by atoms with van der Waals surface area (Å²) in [5, 5.41) is 31.0. The highest BCUT2D eigenvalue weighted by atomic mass is 16.7. The summed E-state index contributed by atoms with van der Waals surface area (Å²) in [5.41, 5.74) is 3.01. The van der Waals surface area contributed by atoms with Gasteiger partial charge in [-0.1, -0.05) is 62.5 Å². The third kappa shape index (κ3) is 6.84. The van der Waals surface area contributed by atoms with Gasteiger partial charge < -0.3 is 24.8 Å². The minimum absolute atomic E-state index is 0.0769. The number of carbonyl (C=O) groups is 1. The molecule has 3 aliphatic carbocycles. The van der Waals surface area contributed by atoms with Gasteiger partial charge in [-0.3, -0.25) is 0 Å². The summed E-state index contributed by atoms with van der Waals surface area (Å²) in [4.78, 5) is 11.9. The van der Waals surface area contributed by atoms with Crippen LogP contribution in [0.5, 0.6) is 0 Å². The van der Waals surface area contributed by atoms with Crippen LogP contribution in [0.3, 0.4) is 0 Å². The lowest BCUT2D eigenvalue weighted by atomic mass is 9.62. The molecule has 206 valence electrons. The van der Waals surface area contributed by atoms with Crippen LogP contribution in [0, 0.1) is 17.3 Å². The van der Waals surface area contributed by atoms with E-state index in [1.165, 1.54) is 5.57 Å². The Kier molecular flexibility index (Phi) is 9.65. The van der Waals surface area contributed by atoms with Gasteiger partial charge in [0.05, 0.1) is 18.8 Å². The van der Waals surface area contributed by atoms with Crippen LogP contribution in [-0.2, 0) is 9.47 Å². The van der Waals surface area contributed by atoms with Crippen molar-refractivity contribution in [1.82, 2.24) is 0 Å². The van der Waals surface area contributed by atoms with Gasteiger partial charge >= 0.3 is 6.16 Å². The SMILES string of the molecule is C=C(/C=C/[C@@H](O)C(C)(C)OC(=O)OCCC)[C@H]1CC[C@H]2/C(=C/C=C3/C[C@@H](O)C[C@H](O)C3=C)CCC[C@]12C. The third-order valence-electron chi connectivity index (χ3n) is 8.65. The van der Waals surface area contributed by atoms with Gasteiger partial charge in [0, 0.05) is 6.42 Å². The fourth-order valence-electron chi connectivity index (χ4n) is 6.37. The molecule has 6 heteroatoms. The Balaban J connectivity index is 1.69. The predicted molar refractivity (Wildman–Crippen MR) is 146 cm³/mol. The van der Waals surface area contributed by atoms with Crippen molar-refractivity contribution in [1.29, 1.82) is 0 Å². The van der Waals surface area contributed by atoms with Crippen LogP contribution in [0.4, 0.5) is 4.79 Å². The molecule has 0 amide bonds. The molecule has 0 unspecified atom stereocenters. The number of aliphatic hydroxyl groups excluding tert-OH is 3. The molecule has 0 aromatic rings. The molecule has 6 atom stereocenters. The van der Waals surface area contributed by atoms with E-state index in [4.69, 9.17) is 9.47 Å². The van der Waals surface area contributed by atoms with Gasteiger partial charge in [0.2, 0.25) is 0 Å². The van der Waals surface area contributed by atoms with E-state index in [0.29, 0.717) is 36.7 Å². The average molecular weight is 515 g/mol. The second kappa shape index (κ2) is 12.1. The zero-order valence-corrected chi connectivity index (χ0v) is 23.0. The Hall–Kier alpha value is -2.15. The van der Waals surface area contributed by atoms with Crippen molar-refractivity contribution in [2.45, 2.75) is 103 Å². The van der Waals surface area contributed by atoms with E-state index in [0.717, 1.165) is 43.3 Å². The summed E-state index contributed by atoms with van der Waals surface area (Å²) in [5.74, 6) is 0.738. The summed E-state index contributed by atoms with van der Waals surface area (Å²) in [7, 11) is 0. The lowest BCUT2D eigenvalue weighted by Gasteiger charge is -2.42. The molecule has 0 saturated heterocycles. The van der Waals surface area contributed by atoms with Crippen molar-refractivity contribution in [2.75, 3.05) is 6.61 Å². The molecule has 3 saturated carbocycles. The third-order valence-corrected chi connectivity index (χ3v) is 8.65. The van der Waals surface area contributed by atoms with Crippen molar-refractivity contribution in [3.05, 3.63) is 59.8 Å². The Morgan fingerprint density at radius 1 is 1.27 bits per heavy atom. The Morgan fingerprint density at radius 2 is 2.00 bits per heavy atom. The molecule has 0 spiro atoms. The van der Waals surface area contributed by atoms with Gasteiger partial charge in [-0.25, -0.2) is 4.79 Å². The number of fused-ring (bicyclic) bond motifs is 1. The van der Waals surface area contributed by atoms with Crippen molar-refractivity contribution in [3.8, 4) is 0 Å². The number of allylic oxidation sites excluding steroid dienone is 5. The maximum atomic E-state index is 11.9. The van der Waals surface area contributed by atoms with Gasteiger partial charge in [-0.05, 0) is 87.2 Å². The zero-order valence-electron chi connectivity index (χ0n) is 23.0. The van der Waals surface area contributed by atoms with E-state index in [1.54, 1.807) is 19.9 Å². The largest absolute Gasteiger partial charge is 0.508 e. The molecule has 6 nitrogen and oxygen atoms in total. The van der Waals surface area contributed by atoms with Crippen molar-refractivity contribution < 1.29 is 29.6 Å². The van der Waals surface area contributed by atoms with Gasteiger partial charge in [-0.15, -0.1) is 0 Å². The fraction of sp³-hybridized carbons (Fsp3) is 0.645. The van der Waals surface area contributed by atoms with Crippen molar-refractivity contribution >= 4 is 6.16 Å². The van der Waals surface area contributed by atoms with E-state index in [1.807, 2.05) is 13.0 Å². The van der Waals surface area contributed by atoms with E-state index >= 15 is 0 Å². The van der Waals surface area contributed by atoms with Crippen LogP contribution in [0.25, 0.3) is 0 Å². The Morgan fingerprint density at radius 3 is 2.70 bits per heavy atom. The minimum Gasteiger partial charge on any atom is -0.434 e. The highest BCUT2D eigenvalue weighted by Gasteiger charge is 2.49. The number of hydrogen-bond donors (Lipinski definition) is 3. The summed E-state index contributed by atoms with van der Waals surface area (Å²) in [6.45, 7) is 16.3. The highest BCUT2D eigenvalue weighted by molar-refractivity contribution is 5.60. The molecule has 0 aromatic carbocycles. The van der Waals surface area contributed by atoms with Crippen LogP contribution in [-0.4, -0.2) is 52.0 Å². The van der Waals surface area contributed by atoms with Crippen LogP contribution >= 0.6 is 0 Å². The van der Waals surface area contributed by atoms with Crippen molar-refractivity contribution in [2.24, 2.45) is 17.3 Å². The van der Waals surface area contributed by atoms with Gasteiger partial charge in [0.15, 0.2) is 0 Å². The van der Waals surface area contributed by atoms with Gasteiger partial charge in [0.1, 0.15) is 11.7 Å². The normalized spacial score (nSPS) is 33.5. The van der Waals surface area contributed by atoms with E-state index < -0.39 is 30.1 Å². The van der Waals surface area contributed by atoms with Gasteiger partial charge in [0.25, 0.3) is 0 Å². The first-order valence-corrected chi connectivity index (χ1v) is 13.7. The van der Waals surface area contributed by atoms with E-state index in [9.17, 15) is 20.1 Å². The zero-order chi connectivity index (χ0) is 27.4. The molecule has 3 N–H and O–H groups in total. The van der Waals surface area contributed by atoms with Crippen LogP contribution in [0.15, 0.2) is 59.8 Å². The summed E-state index contributed by atoms with van der Waals surface area (Å²) < 4.78 is 10.3. The van der Waals surface area contributed by atoms with E-state index in [2.05, 4.69) is 32.2 Å². The summed E-state index contributed by atoms with van der Waals surface area (Å²) in [6.07, 6.45) is 11.8. The number of carbonyl (C=O) groups excluding carboxylic acids is 1. The molecular weight excluding hydrogens is 468 g/mol. The molecule has 37 heavy (non-hydrogen) atoms.